The van der Waals surface area contributed by atoms with Crippen LogP contribution in [-0.4, -0.2) is 142 Å². The first-order valence-electron chi connectivity index (χ1n) is 21.9. The summed E-state index contributed by atoms with van der Waals surface area (Å²) in [6, 6.07) is 8.51. The molecule has 7 rings (SSSR count). The third kappa shape index (κ3) is 8.85. The van der Waals surface area contributed by atoms with Gasteiger partial charge in [0.05, 0.1) is 67.0 Å². The molecule has 61 heavy (non-hydrogen) atoms. The lowest BCUT2D eigenvalue weighted by molar-refractivity contribution is -0.302. The van der Waals surface area contributed by atoms with Crippen molar-refractivity contribution in [2.24, 2.45) is 34.7 Å². The van der Waals surface area contributed by atoms with Crippen molar-refractivity contribution in [3.63, 3.8) is 0 Å². The Labute approximate surface area is 359 Å². The number of aliphatic hydroxyl groups is 1. The molecule has 0 saturated carbocycles. The zero-order valence-electron chi connectivity index (χ0n) is 37.3. The molecule has 3 unspecified atom stereocenters. The first-order valence-corrected chi connectivity index (χ1v) is 21.9. The van der Waals surface area contributed by atoms with Crippen LogP contribution in [0.15, 0.2) is 47.9 Å². The van der Waals surface area contributed by atoms with E-state index in [1.165, 1.54) is 4.90 Å². The van der Waals surface area contributed by atoms with E-state index in [1.54, 1.807) is 24.7 Å². The predicted molar refractivity (Wildman–Crippen MR) is 223 cm³/mol. The van der Waals surface area contributed by atoms with Crippen LogP contribution in [0, 0.1) is 29.6 Å². The number of rotatable bonds is 8. The first kappa shape index (κ1) is 45.1. The highest BCUT2D eigenvalue weighted by Crippen LogP contribution is 2.45. The van der Waals surface area contributed by atoms with E-state index in [1.807, 2.05) is 97.1 Å². The average molecular weight is 852 g/mol. The number of aliphatic hydroxyl groups excluding tert-OH is 1. The monoisotopic (exact) mass is 851 g/mol. The van der Waals surface area contributed by atoms with Crippen LogP contribution in [0.4, 0.5) is 4.79 Å². The number of nitrogens with zero attached hydrogens (tertiary/aromatic N) is 5. The number of benzene rings is 1. The standard InChI is InChI=1S/C45H65N5O11/c1-11-35-45(8)39-27(4)36(51)25(2)20-44(7)40(60-42-37(52)34(48(9)10)18-26(3)58-42)28(5)38(29(6)41(53)59-35)55-23-31(24-56-44)33(21-49(39)43(54)61-45)47-57-22-30-14-12-15-32(19-30)50-17-13-16-46-50/h12-17,19,25-29,31,34-35,37-40,42,52H,11,18,20-24H2,1-10H3/b47-33-/t25-,26-,27+,28+,29-,31?,34+,35-,37-,38+,39+,40-,42+,44?,45?/m1/s1. The number of hydrogen-bond acceptors (Lipinski definition) is 14. The molecule has 16 nitrogen and oxygen atoms in total. The second kappa shape index (κ2) is 18.0. The number of cyclic esters (lactones) is 1. The third-order valence-electron chi connectivity index (χ3n) is 13.9. The molecule has 5 aliphatic heterocycles. The third-order valence-corrected chi connectivity index (χ3v) is 13.9. The van der Waals surface area contributed by atoms with Crippen LogP contribution in [0.2, 0.25) is 0 Å². The van der Waals surface area contributed by atoms with Gasteiger partial charge in [-0.05, 0) is 84.8 Å². The van der Waals surface area contributed by atoms with Crippen LogP contribution in [0.3, 0.4) is 0 Å². The second-order valence-corrected chi connectivity index (χ2v) is 18.6. The van der Waals surface area contributed by atoms with Gasteiger partial charge in [0.15, 0.2) is 11.9 Å². The van der Waals surface area contributed by atoms with Crippen molar-refractivity contribution in [1.82, 2.24) is 19.6 Å². The summed E-state index contributed by atoms with van der Waals surface area (Å²) in [5.74, 6) is -4.00. The van der Waals surface area contributed by atoms with Gasteiger partial charge in [-0.2, -0.15) is 5.10 Å². The van der Waals surface area contributed by atoms with Gasteiger partial charge in [-0.15, -0.1) is 0 Å². The number of carbonyl (C=O) groups excluding carboxylic acids is 3. The number of ketones is 1. The summed E-state index contributed by atoms with van der Waals surface area (Å²) in [6.07, 6.45) is -0.794. The number of esters is 1. The minimum absolute atomic E-state index is 0.0370. The molecule has 15 atom stereocenters. The van der Waals surface area contributed by atoms with Crippen LogP contribution >= 0.6 is 0 Å². The van der Waals surface area contributed by atoms with Crippen molar-refractivity contribution in [1.29, 1.82) is 0 Å². The fraction of sp³-hybridized carbons (Fsp3) is 0.711. The molecule has 1 aromatic carbocycles. The Hall–Kier alpha value is -3.93. The zero-order valence-corrected chi connectivity index (χ0v) is 37.3. The molecule has 6 bridgehead atoms. The Morgan fingerprint density at radius 1 is 1.05 bits per heavy atom. The molecular formula is C45H65N5O11. The normalized spacial score (nSPS) is 40.5. The highest BCUT2D eigenvalue weighted by molar-refractivity contribution is 5.92. The van der Waals surface area contributed by atoms with Gasteiger partial charge in [-0.3, -0.25) is 14.5 Å². The summed E-state index contributed by atoms with van der Waals surface area (Å²) in [4.78, 5) is 53.2. The van der Waals surface area contributed by atoms with E-state index >= 15 is 0 Å². The van der Waals surface area contributed by atoms with E-state index in [9.17, 15) is 19.5 Å². The highest BCUT2D eigenvalue weighted by Gasteiger charge is 2.61. The Bertz CT molecular complexity index is 1910. The minimum Gasteiger partial charge on any atom is -0.458 e. The van der Waals surface area contributed by atoms with Crippen LogP contribution in [0.5, 0.6) is 0 Å². The highest BCUT2D eigenvalue weighted by atomic mass is 16.7. The summed E-state index contributed by atoms with van der Waals surface area (Å²) < 4.78 is 41.7. The molecule has 0 radical (unpaired) electrons. The van der Waals surface area contributed by atoms with E-state index in [-0.39, 0.29) is 50.7 Å². The molecule has 5 aliphatic rings. The van der Waals surface area contributed by atoms with Gasteiger partial charge in [0, 0.05) is 42.1 Å². The van der Waals surface area contributed by atoms with Gasteiger partial charge < -0.3 is 43.3 Å². The van der Waals surface area contributed by atoms with Gasteiger partial charge in [0.25, 0.3) is 0 Å². The first-order chi connectivity index (χ1) is 28.9. The average Bonchev–Trinajstić information content (AvgIpc) is 3.86. The molecule has 6 heterocycles. The number of ether oxygens (including phenoxy) is 6. The number of oxime groups is 1. The topological polar surface area (TPSA) is 173 Å². The Morgan fingerprint density at radius 2 is 1.82 bits per heavy atom. The van der Waals surface area contributed by atoms with Gasteiger partial charge in [-0.25, -0.2) is 9.48 Å². The maximum atomic E-state index is 14.9. The van der Waals surface area contributed by atoms with E-state index in [0.29, 0.717) is 18.6 Å². The van der Waals surface area contributed by atoms with E-state index in [0.717, 1.165) is 11.3 Å². The lowest BCUT2D eigenvalue weighted by atomic mass is 9.73. The molecule has 1 amide bonds. The van der Waals surface area contributed by atoms with Crippen LogP contribution in [0.1, 0.15) is 80.2 Å². The van der Waals surface area contributed by atoms with Crippen molar-refractivity contribution >= 4 is 23.6 Å². The van der Waals surface area contributed by atoms with Crippen LogP contribution in [0.25, 0.3) is 5.69 Å². The van der Waals surface area contributed by atoms with Gasteiger partial charge in [-0.1, -0.05) is 45.0 Å². The largest absolute Gasteiger partial charge is 0.458 e. The molecule has 1 aromatic heterocycles. The Balaban J connectivity index is 1.36. The summed E-state index contributed by atoms with van der Waals surface area (Å²) in [5.41, 5.74) is -0.454. The van der Waals surface area contributed by atoms with Gasteiger partial charge in [0.2, 0.25) is 0 Å². The number of carbonyl (C=O) groups is 3. The summed E-state index contributed by atoms with van der Waals surface area (Å²) in [5, 5.41) is 20.8. The molecule has 0 aliphatic carbocycles. The molecular weight excluding hydrogens is 787 g/mol. The fourth-order valence-corrected chi connectivity index (χ4v) is 10.6. The number of aromatic nitrogens is 2. The van der Waals surface area contributed by atoms with Crippen molar-refractivity contribution in [2.45, 2.75) is 141 Å². The number of fused-ring (bicyclic) bond motifs is 5. The van der Waals surface area contributed by atoms with E-state index < -0.39 is 89.6 Å². The smallest absolute Gasteiger partial charge is 0.411 e. The summed E-state index contributed by atoms with van der Waals surface area (Å²) in [6.45, 7) is 15.0. The quantitative estimate of drug-likeness (QED) is 0.285. The maximum absolute atomic E-state index is 14.9. The van der Waals surface area contributed by atoms with Crippen molar-refractivity contribution in [2.75, 3.05) is 33.9 Å². The molecule has 2 aromatic rings. The van der Waals surface area contributed by atoms with Crippen molar-refractivity contribution < 1.29 is 52.7 Å². The molecule has 1 N–H and O–H groups in total. The number of hydrogen-bond donors (Lipinski definition) is 1. The van der Waals surface area contributed by atoms with Gasteiger partial charge >= 0.3 is 12.1 Å². The molecule has 0 spiro atoms. The van der Waals surface area contributed by atoms with Crippen LogP contribution < -0.4 is 0 Å². The zero-order chi connectivity index (χ0) is 44.0. The Morgan fingerprint density at radius 3 is 2.52 bits per heavy atom. The van der Waals surface area contributed by atoms with E-state index in [4.69, 9.17) is 38.4 Å². The van der Waals surface area contributed by atoms with E-state index in [2.05, 4.69) is 5.10 Å². The summed E-state index contributed by atoms with van der Waals surface area (Å²) >= 11 is 0. The Kier molecular flexibility index (Phi) is 13.3. The van der Waals surface area contributed by atoms with Crippen molar-refractivity contribution in [3.8, 4) is 5.69 Å². The molecule has 16 heteroatoms. The van der Waals surface area contributed by atoms with Crippen LogP contribution in [-0.2, 0) is 49.5 Å². The second-order valence-electron chi connectivity index (χ2n) is 18.6. The SMILES string of the molecule is CC[C@H]1OC(=O)[C@H](C)[C@H]2OCC3COC(C)(C[C@@H](C)C(=O)[C@H](C)[C@@H]4N(C/C3=N/OCc3cccc(-n5cccn5)c3)C(=O)OC41C)[C@H](O[C@@H]1O[C@H](C)C[C@H](N(C)C)[C@H]1O)[C@H]2C. The molecule has 336 valence electrons. The lowest BCUT2D eigenvalue weighted by Crippen LogP contribution is -2.61. The number of likely N-dealkylation sites (N-methyl/N-ethyl adjacent to an activating group) is 1. The summed E-state index contributed by atoms with van der Waals surface area (Å²) in [7, 11) is 3.83. The van der Waals surface area contributed by atoms with Gasteiger partial charge in [0.1, 0.15) is 24.6 Å². The van der Waals surface area contributed by atoms with Crippen molar-refractivity contribution in [3.05, 3.63) is 48.3 Å². The minimum atomic E-state index is -1.39. The molecule has 5 saturated heterocycles. The number of Topliss-reactive ketones (excluding diaryl/α,β-unsaturated/α-hetero) is 1. The predicted octanol–water partition coefficient (Wildman–Crippen LogP) is 4.78. The number of amides is 1. The fourth-order valence-electron chi connectivity index (χ4n) is 10.6. The lowest BCUT2D eigenvalue weighted by Gasteiger charge is -2.48. The maximum Gasteiger partial charge on any atom is 0.411 e. The molecule has 5 fully saturated rings.